The third kappa shape index (κ3) is 1.29. The van der Waals surface area contributed by atoms with Crippen LogP contribution in [0.25, 0.3) is 0 Å². The molecule has 0 aromatic rings. The van der Waals surface area contributed by atoms with E-state index >= 15 is 0 Å². The van der Waals surface area contributed by atoms with Crippen molar-refractivity contribution in [2.24, 2.45) is 17.3 Å². The number of hydrogen-bond donors (Lipinski definition) is 0. The maximum absolute atomic E-state index is 9.74. The summed E-state index contributed by atoms with van der Waals surface area (Å²) >= 11 is 0. The third-order valence-corrected chi connectivity index (χ3v) is 4.52. The molecule has 3 atom stereocenters. The molecule has 0 unspecified atom stereocenters. The molecule has 0 saturated carbocycles. The molecule has 0 bridgehead atoms. The van der Waals surface area contributed by atoms with Crippen LogP contribution in [0.3, 0.4) is 0 Å². The molecule has 0 N–H and O–H groups in total. The van der Waals surface area contributed by atoms with E-state index in [4.69, 9.17) is 0 Å². The van der Waals surface area contributed by atoms with Gasteiger partial charge in [-0.3, -0.25) is 0 Å². The molecule has 0 aromatic heterocycles. The van der Waals surface area contributed by atoms with Crippen LogP contribution in [0.15, 0.2) is 59.3 Å². The molecule has 92 valence electrons. The zero-order valence-electron chi connectivity index (χ0n) is 10.9. The van der Waals surface area contributed by atoms with Crippen molar-refractivity contribution in [2.45, 2.75) is 13.3 Å². The van der Waals surface area contributed by atoms with Crippen LogP contribution in [-0.4, -0.2) is 0 Å². The molecule has 2 nitrogen and oxygen atoms in total. The van der Waals surface area contributed by atoms with Crippen LogP contribution in [0.1, 0.15) is 13.3 Å². The van der Waals surface area contributed by atoms with Gasteiger partial charge in [0.1, 0.15) is 5.41 Å². The molecular formula is C17H14N2. The van der Waals surface area contributed by atoms with Gasteiger partial charge < -0.3 is 0 Å². The van der Waals surface area contributed by atoms with Crippen molar-refractivity contribution in [1.82, 2.24) is 0 Å². The van der Waals surface area contributed by atoms with Crippen molar-refractivity contribution >= 4 is 0 Å². The topological polar surface area (TPSA) is 47.6 Å². The molecular weight excluding hydrogens is 232 g/mol. The number of nitriles is 2. The van der Waals surface area contributed by atoms with Crippen LogP contribution in [0.5, 0.6) is 0 Å². The van der Waals surface area contributed by atoms with Gasteiger partial charge in [-0.05, 0) is 29.6 Å². The van der Waals surface area contributed by atoms with Gasteiger partial charge in [0.15, 0.2) is 0 Å². The minimum Gasteiger partial charge on any atom is -0.197 e. The van der Waals surface area contributed by atoms with E-state index in [1.54, 1.807) is 6.08 Å². The monoisotopic (exact) mass is 246 g/mol. The molecule has 0 radical (unpaired) electrons. The molecule has 0 amide bonds. The second kappa shape index (κ2) is 3.84. The van der Waals surface area contributed by atoms with Gasteiger partial charge in [-0.2, -0.15) is 10.5 Å². The molecule has 0 aromatic carbocycles. The molecule has 3 rings (SSSR count). The van der Waals surface area contributed by atoms with E-state index in [9.17, 15) is 10.5 Å². The third-order valence-electron chi connectivity index (χ3n) is 4.52. The Hall–Kier alpha value is -2.32. The average molecular weight is 246 g/mol. The summed E-state index contributed by atoms with van der Waals surface area (Å²) in [7, 11) is 0. The summed E-state index contributed by atoms with van der Waals surface area (Å²) in [6.07, 6.45) is 10.6. The lowest BCUT2D eigenvalue weighted by Gasteiger charge is -2.32. The van der Waals surface area contributed by atoms with E-state index in [0.29, 0.717) is 11.5 Å². The standard InChI is InChI=1S/C17H14N2/c1-3-13-8-15-11(2)4-5-14-12(9-18)6-7-17(13,10-19)16(14)15/h3-7,11,13H,1,8H2,2H3/t11-,13-,17+/m1/s1. The van der Waals surface area contributed by atoms with Crippen molar-refractivity contribution < 1.29 is 0 Å². The Bertz CT molecular complexity index is 673. The second-order valence-electron chi connectivity index (χ2n) is 5.35. The summed E-state index contributed by atoms with van der Waals surface area (Å²) in [5.41, 5.74) is 3.33. The van der Waals surface area contributed by atoms with Gasteiger partial charge >= 0.3 is 0 Å². The molecule has 0 heterocycles. The predicted octanol–water partition coefficient (Wildman–Crippen LogP) is 3.59. The quantitative estimate of drug-likeness (QED) is 0.664. The summed E-state index contributed by atoms with van der Waals surface area (Å²) in [6, 6.07) is 4.71. The molecule has 3 aliphatic carbocycles. The van der Waals surface area contributed by atoms with E-state index in [2.05, 4.69) is 31.7 Å². The van der Waals surface area contributed by atoms with Gasteiger partial charge in [0.25, 0.3) is 0 Å². The number of hydrogen-bond acceptors (Lipinski definition) is 2. The van der Waals surface area contributed by atoms with Crippen LogP contribution < -0.4 is 0 Å². The van der Waals surface area contributed by atoms with E-state index in [-0.39, 0.29) is 5.92 Å². The first-order valence-electron chi connectivity index (χ1n) is 6.47. The summed E-state index contributed by atoms with van der Waals surface area (Å²) in [4.78, 5) is 0. The van der Waals surface area contributed by atoms with Gasteiger partial charge in [0.05, 0.1) is 17.7 Å². The maximum atomic E-state index is 9.74. The van der Waals surface area contributed by atoms with E-state index < -0.39 is 5.41 Å². The van der Waals surface area contributed by atoms with E-state index in [1.165, 1.54) is 5.57 Å². The van der Waals surface area contributed by atoms with Gasteiger partial charge in [0, 0.05) is 5.92 Å². The van der Waals surface area contributed by atoms with Crippen molar-refractivity contribution in [3.63, 3.8) is 0 Å². The number of nitrogens with zero attached hydrogens (tertiary/aromatic N) is 2. The Balaban J connectivity index is 2.32. The fourth-order valence-corrected chi connectivity index (χ4v) is 3.48. The zero-order chi connectivity index (χ0) is 13.6. The predicted molar refractivity (Wildman–Crippen MR) is 73.5 cm³/mol. The van der Waals surface area contributed by atoms with Crippen LogP contribution >= 0.6 is 0 Å². The maximum Gasteiger partial charge on any atom is 0.108 e. The minimum atomic E-state index is -0.619. The Kier molecular flexibility index (Phi) is 2.37. The fourth-order valence-electron chi connectivity index (χ4n) is 3.48. The molecule has 3 aliphatic rings. The largest absolute Gasteiger partial charge is 0.197 e. The second-order valence-corrected chi connectivity index (χ2v) is 5.35. The molecule has 0 spiro atoms. The molecule has 0 fully saturated rings. The zero-order valence-corrected chi connectivity index (χ0v) is 10.9. The highest BCUT2D eigenvalue weighted by Gasteiger charge is 2.50. The van der Waals surface area contributed by atoms with Crippen LogP contribution in [0.4, 0.5) is 0 Å². The fraction of sp³-hybridized carbons (Fsp3) is 0.294. The number of allylic oxidation sites excluding steroid dienone is 9. The normalized spacial score (nSPS) is 34.9. The summed E-state index contributed by atoms with van der Waals surface area (Å²) in [5.74, 6) is 0.444. The minimum absolute atomic E-state index is 0.108. The van der Waals surface area contributed by atoms with Crippen molar-refractivity contribution in [1.29, 1.82) is 10.5 Å². The SMILES string of the molecule is C=C[C@@H]1CC2=C3C(=C(C#N)C=C[C@@]31C#N)C=C[C@H]2C. The first-order valence-corrected chi connectivity index (χ1v) is 6.47. The van der Waals surface area contributed by atoms with Crippen molar-refractivity contribution in [3.05, 3.63) is 59.3 Å². The van der Waals surface area contributed by atoms with E-state index in [0.717, 1.165) is 17.6 Å². The van der Waals surface area contributed by atoms with Gasteiger partial charge in [-0.15, -0.1) is 6.58 Å². The Morgan fingerprint density at radius 1 is 1.42 bits per heavy atom. The summed E-state index contributed by atoms with van der Waals surface area (Å²) < 4.78 is 0. The lowest BCUT2D eigenvalue weighted by atomic mass is 9.68. The smallest absolute Gasteiger partial charge is 0.108 e. The van der Waals surface area contributed by atoms with Gasteiger partial charge in [-0.25, -0.2) is 0 Å². The summed E-state index contributed by atoms with van der Waals surface area (Å²) in [5, 5.41) is 19.0. The molecule has 0 aliphatic heterocycles. The highest BCUT2D eigenvalue weighted by Crippen LogP contribution is 2.57. The van der Waals surface area contributed by atoms with Gasteiger partial charge in [0.2, 0.25) is 0 Å². The Morgan fingerprint density at radius 3 is 2.84 bits per heavy atom. The highest BCUT2D eigenvalue weighted by molar-refractivity contribution is 5.68. The number of rotatable bonds is 1. The highest BCUT2D eigenvalue weighted by atomic mass is 14.5. The van der Waals surface area contributed by atoms with Crippen LogP contribution in [-0.2, 0) is 0 Å². The van der Waals surface area contributed by atoms with E-state index in [1.807, 2.05) is 18.2 Å². The lowest BCUT2D eigenvalue weighted by molar-refractivity contribution is 0.471. The Morgan fingerprint density at radius 2 is 2.21 bits per heavy atom. The lowest BCUT2D eigenvalue weighted by Crippen LogP contribution is -2.27. The molecule has 2 heteroatoms. The molecule has 19 heavy (non-hydrogen) atoms. The van der Waals surface area contributed by atoms with Crippen molar-refractivity contribution in [3.8, 4) is 12.1 Å². The van der Waals surface area contributed by atoms with Crippen molar-refractivity contribution in [2.75, 3.05) is 0 Å². The van der Waals surface area contributed by atoms with Crippen LogP contribution in [0, 0.1) is 39.9 Å². The first-order chi connectivity index (χ1) is 9.17. The van der Waals surface area contributed by atoms with Crippen LogP contribution in [0.2, 0.25) is 0 Å². The molecule has 0 saturated heterocycles. The average Bonchev–Trinajstić information content (AvgIpc) is 2.79. The summed E-state index contributed by atoms with van der Waals surface area (Å²) in [6.45, 7) is 6.04. The first kappa shape index (κ1) is 11.8. The Labute approximate surface area is 113 Å². The van der Waals surface area contributed by atoms with Gasteiger partial charge in [-0.1, -0.05) is 36.8 Å².